The molecule has 0 fully saturated rings. The predicted molar refractivity (Wildman–Crippen MR) is 119 cm³/mol. The normalized spacial score (nSPS) is 14.3. The molecule has 0 saturated carbocycles. The van der Waals surface area contributed by atoms with E-state index >= 15 is 0 Å². The number of guanidine groups is 1. The van der Waals surface area contributed by atoms with Crippen molar-refractivity contribution in [2.24, 2.45) is 4.99 Å². The summed E-state index contributed by atoms with van der Waals surface area (Å²) in [6.45, 7) is 7.66. The molecule has 0 saturated heterocycles. The zero-order chi connectivity index (χ0) is 17.6. The number of halogens is 1. The Kier molecular flexibility index (Phi) is 7.68. The van der Waals surface area contributed by atoms with Gasteiger partial charge in [0.2, 0.25) is 0 Å². The minimum absolute atomic E-state index is 0. The molecule has 0 atom stereocenters. The van der Waals surface area contributed by atoms with Crippen LogP contribution in [-0.4, -0.2) is 28.3 Å². The fraction of sp³-hybridized carbons (Fsp3) is 0.400. The van der Waals surface area contributed by atoms with Crippen LogP contribution in [0.4, 0.5) is 0 Å². The van der Waals surface area contributed by atoms with Gasteiger partial charge in [0.15, 0.2) is 5.96 Å². The van der Waals surface area contributed by atoms with Crippen LogP contribution >= 0.6 is 24.0 Å². The summed E-state index contributed by atoms with van der Waals surface area (Å²) in [5, 5.41) is 11.5. The van der Waals surface area contributed by atoms with Gasteiger partial charge in [-0.15, -0.1) is 24.0 Å². The zero-order valence-corrected chi connectivity index (χ0v) is 18.0. The third-order valence-electron chi connectivity index (χ3n) is 4.33. The summed E-state index contributed by atoms with van der Waals surface area (Å²) in [6.07, 6.45) is 6.57. The molecule has 1 aromatic heterocycles. The van der Waals surface area contributed by atoms with Gasteiger partial charge < -0.3 is 10.6 Å². The van der Waals surface area contributed by atoms with Crippen molar-refractivity contribution in [3.05, 3.63) is 59.4 Å². The first-order valence-electron chi connectivity index (χ1n) is 8.98. The van der Waals surface area contributed by atoms with Gasteiger partial charge in [0.1, 0.15) is 0 Å². The molecule has 6 heteroatoms. The van der Waals surface area contributed by atoms with E-state index < -0.39 is 0 Å². The topological polar surface area (TPSA) is 54.2 Å². The number of para-hydroxylation sites is 1. The fourth-order valence-corrected chi connectivity index (χ4v) is 3.14. The Bertz CT molecular complexity index is 770. The van der Waals surface area contributed by atoms with Crippen molar-refractivity contribution >= 4 is 29.9 Å². The second-order valence-corrected chi connectivity index (χ2v) is 6.45. The zero-order valence-electron chi connectivity index (χ0n) is 15.7. The van der Waals surface area contributed by atoms with E-state index in [1.165, 1.54) is 0 Å². The van der Waals surface area contributed by atoms with Gasteiger partial charge in [0.05, 0.1) is 17.9 Å². The molecule has 1 aliphatic carbocycles. The van der Waals surface area contributed by atoms with Crippen LogP contribution in [0, 0.1) is 13.8 Å². The monoisotopic (exact) mass is 465 g/mol. The maximum absolute atomic E-state index is 4.80. The van der Waals surface area contributed by atoms with Crippen molar-refractivity contribution < 1.29 is 0 Å². The first-order chi connectivity index (χ1) is 12.2. The Morgan fingerprint density at radius 2 is 1.96 bits per heavy atom. The van der Waals surface area contributed by atoms with Crippen LogP contribution in [0.5, 0.6) is 0 Å². The Labute approximate surface area is 173 Å². The Morgan fingerprint density at radius 1 is 1.23 bits per heavy atom. The maximum atomic E-state index is 4.80. The first kappa shape index (κ1) is 20.5. The Morgan fingerprint density at radius 3 is 2.62 bits per heavy atom. The van der Waals surface area contributed by atoms with Crippen LogP contribution in [0.2, 0.25) is 0 Å². The molecule has 5 nitrogen and oxygen atoms in total. The third-order valence-corrected chi connectivity index (χ3v) is 4.33. The lowest BCUT2D eigenvalue weighted by atomic mass is 10.2. The SMILES string of the molecule is CCNC(=NCc1ccccc1-n1nc(C)cc1C)NC1CC=CC1.I. The number of hydrogen-bond donors (Lipinski definition) is 2. The summed E-state index contributed by atoms with van der Waals surface area (Å²) in [5.41, 5.74) is 4.42. The van der Waals surface area contributed by atoms with Crippen molar-refractivity contribution in [2.75, 3.05) is 6.54 Å². The lowest BCUT2D eigenvalue weighted by molar-refractivity contribution is 0.633. The van der Waals surface area contributed by atoms with Gasteiger partial charge in [-0.25, -0.2) is 9.67 Å². The Hall–Kier alpha value is -1.83. The van der Waals surface area contributed by atoms with Gasteiger partial charge in [-0.05, 0) is 51.3 Å². The largest absolute Gasteiger partial charge is 0.357 e. The van der Waals surface area contributed by atoms with Crippen molar-refractivity contribution in [3.8, 4) is 5.69 Å². The van der Waals surface area contributed by atoms with E-state index in [1.807, 2.05) is 17.7 Å². The number of benzene rings is 1. The summed E-state index contributed by atoms with van der Waals surface area (Å²) in [5.74, 6) is 0.874. The lowest BCUT2D eigenvalue weighted by Gasteiger charge is -2.17. The molecule has 3 rings (SSSR count). The number of aliphatic imine (C=N–C) groups is 1. The molecule has 1 aliphatic rings. The molecule has 0 aliphatic heterocycles. The average Bonchev–Trinajstić information content (AvgIpc) is 3.22. The van der Waals surface area contributed by atoms with Crippen LogP contribution < -0.4 is 10.6 Å². The van der Waals surface area contributed by atoms with Crippen molar-refractivity contribution in [2.45, 2.75) is 46.2 Å². The van der Waals surface area contributed by atoms with E-state index in [-0.39, 0.29) is 24.0 Å². The molecule has 140 valence electrons. The standard InChI is InChI=1S/C20H27N5.HI/c1-4-21-20(23-18-10-6-7-11-18)22-14-17-9-5-8-12-19(17)25-16(3)13-15(2)24-25;/h5-9,12-13,18H,4,10-11,14H2,1-3H3,(H2,21,22,23);1H. The minimum atomic E-state index is 0. The van der Waals surface area contributed by atoms with E-state index in [4.69, 9.17) is 4.99 Å². The molecule has 1 heterocycles. The van der Waals surface area contributed by atoms with Gasteiger partial charge in [-0.2, -0.15) is 5.10 Å². The molecule has 0 spiro atoms. The van der Waals surface area contributed by atoms with Crippen LogP contribution in [-0.2, 0) is 6.54 Å². The second-order valence-electron chi connectivity index (χ2n) is 6.45. The smallest absolute Gasteiger partial charge is 0.191 e. The first-order valence-corrected chi connectivity index (χ1v) is 8.98. The molecule has 0 amide bonds. The Balaban J connectivity index is 0.00000243. The van der Waals surface area contributed by atoms with Gasteiger partial charge in [-0.1, -0.05) is 30.4 Å². The number of aromatic nitrogens is 2. The van der Waals surface area contributed by atoms with Crippen molar-refractivity contribution in [3.63, 3.8) is 0 Å². The lowest BCUT2D eigenvalue weighted by Crippen LogP contribution is -2.42. The fourth-order valence-electron chi connectivity index (χ4n) is 3.14. The third kappa shape index (κ3) is 5.09. The van der Waals surface area contributed by atoms with E-state index in [0.717, 1.165) is 48.0 Å². The summed E-state index contributed by atoms with van der Waals surface area (Å²) < 4.78 is 2.00. The van der Waals surface area contributed by atoms with E-state index in [2.05, 4.69) is 66.0 Å². The molecule has 1 aromatic carbocycles. The number of nitrogens with zero attached hydrogens (tertiary/aromatic N) is 3. The highest BCUT2D eigenvalue weighted by molar-refractivity contribution is 14.0. The quantitative estimate of drug-likeness (QED) is 0.305. The molecule has 0 unspecified atom stereocenters. The number of aryl methyl sites for hydroxylation is 2. The minimum Gasteiger partial charge on any atom is -0.357 e. The molecule has 0 bridgehead atoms. The summed E-state index contributed by atoms with van der Waals surface area (Å²) in [6, 6.07) is 10.9. The predicted octanol–water partition coefficient (Wildman–Crippen LogP) is 3.88. The average molecular weight is 465 g/mol. The van der Waals surface area contributed by atoms with E-state index in [9.17, 15) is 0 Å². The summed E-state index contributed by atoms with van der Waals surface area (Å²) in [4.78, 5) is 4.80. The summed E-state index contributed by atoms with van der Waals surface area (Å²) in [7, 11) is 0. The molecular formula is C20H28IN5. The number of hydrogen-bond acceptors (Lipinski definition) is 2. The van der Waals surface area contributed by atoms with Crippen LogP contribution in [0.3, 0.4) is 0 Å². The van der Waals surface area contributed by atoms with Gasteiger partial charge >= 0.3 is 0 Å². The number of rotatable bonds is 5. The van der Waals surface area contributed by atoms with Crippen molar-refractivity contribution in [1.29, 1.82) is 0 Å². The summed E-state index contributed by atoms with van der Waals surface area (Å²) >= 11 is 0. The molecule has 2 aromatic rings. The molecule has 26 heavy (non-hydrogen) atoms. The highest BCUT2D eigenvalue weighted by Gasteiger charge is 2.12. The van der Waals surface area contributed by atoms with Crippen LogP contribution in [0.25, 0.3) is 5.69 Å². The molecular weight excluding hydrogens is 437 g/mol. The van der Waals surface area contributed by atoms with E-state index in [1.54, 1.807) is 0 Å². The highest BCUT2D eigenvalue weighted by atomic mass is 127. The molecule has 2 N–H and O–H groups in total. The van der Waals surface area contributed by atoms with Gasteiger partial charge in [0, 0.05) is 18.3 Å². The van der Waals surface area contributed by atoms with Crippen LogP contribution in [0.1, 0.15) is 36.7 Å². The highest BCUT2D eigenvalue weighted by Crippen LogP contribution is 2.18. The maximum Gasteiger partial charge on any atom is 0.191 e. The van der Waals surface area contributed by atoms with Crippen LogP contribution in [0.15, 0.2) is 47.5 Å². The second kappa shape index (κ2) is 9.75. The van der Waals surface area contributed by atoms with Gasteiger partial charge in [-0.3, -0.25) is 0 Å². The number of nitrogens with one attached hydrogen (secondary N) is 2. The van der Waals surface area contributed by atoms with Crippen molar-refractivity contribution in [1.82, 2.24) is 20.4 Å². The van der Waals surface area contributed by atoms with Gasteiger partial charge in [0.25, 0.3) is 0 Å². The molecule has 0 radical (unpaired) electrons. The van der Waals surface area contributed by atoms with E-state index in [0.29, 0.717) is 12.6 Å².